The number of anilines is 1. The lowest BCUT2D eigenvalue weighted by Gasteiger charge is -2.32. The first kappa shape index (κ1) is 32.8. The Balaban J connectivity index is 2.09. The number of nitrogens with one attached hydrogen (secondary N) is 1. The molecule has 0 aliphatic rings. The van der Waals surface area contributed by atoms with Crippen LogP contribution in [0.2, 0.25) is 5.02 Å². The van der Waals surface area contributed by atoms with Crippen molar-refractivity contribution in [2.24, 2.45) is 0 Å². The first-order valence-corrected chi connectivity index (χ1v) is 15.5. The summed E-state index contributed by atoms with van der Waals surface area (Å²) in [6, 6.07) is 17.1. The highest BCUT2D eigenvalue weighted by Gasteiger charge is 2.34. The van der Waals surface area contributed by atoms with Crippen LogP contribution in [0.25, 0.3) is 0 Å². The molecule has 0 heterocycles. The summed E-state index contributed by atoms with van der Waals surface area (Å²) in [5.41, 5.74) is 1.69. The van der Waals surface area contributed by atoms with Crippen LogP contribution in [0.5, 0.6) is 11.5 Å². The van der Waals surface area contributed by atoms with Gasteiger partial charge in [0.2, 0.25) is 11.8 Å². The molecule has 0 unspecified atom stereocenters. The molecule has 1 N–H and O–H groups in total. The molecule has 0 aliphatic carbocycles. The molecule has 2 amide bonds. The van der Waals surface area contributed by atoms with Crippen LogP contribution in [-0.4, -0.2) is 58.5 Å². The van der Waals surface area contributed by atoms with Gasteiger partial charge in [0.1, 0.15) is 24.1 Å². The van der Waals surface area contributed by atoms with E-state index < -0.39 is 28.5 Å². The third kappa shape index (κ3) is 8.17. The standard InChI is InChI=1S/C31H38ClN3O6S/c1-6-7-17-33-31(37)23(3)34(20-24-9-8-10-25(32)18-24)30(36)21-35(28-19-26(40-4)13-16-29(28)41-5)42(38,39)27-14-11-22(2)12-15-27/h8-16,18-19,23H,6-7,17,20-21H2,1-5H3,(H,33,37)/t23-/m1/s1. The molecule has 0 aromatic heterocycles. The quantitative estimate of drug-likeness (QED) is 0.250. The van der Waals surface area contributed by atoms with Crippen LogP contribution >= 0.6 is 11.6 Å². The van der Waals surface area contributed by atoms with Gasteiger partial charge in [0.05, 0.1) is 24.8 Å². The fraction of sp³-hybridized carbons (Fsp3) is 0.355. The molecule has 3 rings (SSSR count). The minimum atomic E-state index is -4.27. The molecule has 226 valence electrons. The van der Waals surface area contributed by atoms with Crippen LogP contribution < -0.4 is 19.1 Å². The van der Waals surface area contributed by atoms with Gasteiger partial charge < -0.3 is 19.7 Å². The van der Waals surface area contributed by atoms with Crippen molar-refractivity contribution < 1.29 is 27.5 Å². The number of sulfonamides is 1. The van der Waals surface area contributed by atoms with Crippen LogP contribution in [0.15, 0.2) is 71.6 Å². The van der Waals surface area contributed by atoms with Crippen molar-refractivity contribution in [1.29, 1.82) is 0 Å². The normalized spacial score (nSPS) is 11.9. The van der Waals surface area contributed by atoms with Gasteiger partial charge in [-0.3, -0.25) is 13.9 Å². The van der Waals surface area contributed by atoms with E-state index >= 15 is 0 Å². The second kappa shape index (κ2) is 14.9. The highest BCUT2D eigenvalue weighted by atomic mass is 35.5. The number of methoxy groups -OCH3 is 2. The van der Waals surface area contributed by atoms with E-state index in [1.54, 1.807) is 55.5 Å². The summed E-state index contributed by atoms with van der Waals surface area (Å²) in [5, 5.41) is 3.34. The number of halogens is 1. The predicted molar refractivity (Wildman–Crippen MR) is 165 cm³/mol. The largest absolute Gasteiger partial charge is 0.497 e. The summed E-state index contributed by atoms with van der Waals surface area (Å²) in [6.07, 6.45) is 1.69. The number of aryl methyl sites for hydroxylation is 1. The number of hydrogen-bond acceptors (Lipinski definition) is 6. The minimum Gasteiger partial charge on any atom is -0.497 e. The molecule has 3 aromatic rings. The first-order valence-electron chi connectivity index (χ1n) is 13.6. The fourth-order valence-electron chi connectivity index (χ4n) is 4.29. The Kier molecular flexibility index (Phi) is 11.6. The Morgan fingerprint density at radius 1 is 1.00 bits per heavy atom. The Morgan fingerprint density at radius 3 is 2.33 bits per heavy atom. The molecule has 0 radical (unpaired) electrons. The average molecular weight is 616 g/mol. The van der Waals surface area contributed by atoms with Gasteiger partial charge in [-0.05, 0) is 62.2 Å². The van der Waals surface area contributed by atoms with E-state index in [2.05, 4.69) is 5.32 Å². The van der Waals surface area contributed by atoms with Crippen molar-refractivity contribution >= 4 is 39.1 Å². The topological polar surface area (TPSA) is 105 Å². The van der Waals surface area contributed by atoms with E-state index in [1.807, 2.05) is 13.8 Å². The highest BCUT2D eigenvalue weighted by Crippen LogP contribution is 2.36. The third-order valence-corrected chi connectivity index (χ3v) is 8.79. The number of carbonyl (C=O) groups is 2. The predicted octanol–water partition coefficient (Wildman–Crippen LogP) is 5.19. The average Bonchev–Trinajstić information content (AvgIpc) is 2.98. The van der Waals surface area contributed by atoms with Gasteiger partial charge >= 0.3 is 0 Å². The summed E-state index contributed by atoms with van der Waals surface area (Å²) in [7, 11) is -1.40. The second-order valence-corrected chi connectivity index (χ2v) is 12.1. The lowest BCUT2D eigenvalue weighted by atomic mass is 10.1. The molecular formula is C31H38ClN3O6S. The van der Waals surface area contributed by atoms with Crippen molar-refractivity contribution in [1.82, 2.24) is 10.2 Å². The Labute approximate surface area is 253 Å². The molecule has 0 aliphatic heterocycles. The molecule has 9 nitrogen and oxygen atoms in total. The molecule has 0 spiro atoms. The number of hydrogen-bond donors (Lipinski definition) is 1. The van der Waals surface area contributed by atoms with Gasteiger partial charge in [-0.2, -0.15) is 0 Å². The van der Waals surface area contributed by atoms with E-state index in [9.17, 15) is 18.0 Å². The van der Waals surface area contributed by atoms with Gasteiger partial charge in [-0.1, -0.05) is 54.8 Å². The maximum Gasteiger partial charge on any atom is 0.264 e. The molecule has 11 heteroatoms. The summed E-state index contributed by atoms with van der Waals surface area (Å²) in [5.74, 6) is -0.327. The number of carbonyl (C=O) groups excluding carboxylic acids is 2. The number of amides is 2. The SMILES string of the molecule is CCCCNC(=O)[C@@H](C)N(Cc1cccc(Cl)c1)C(=O)CN(c1cc(OC)ccc1OC)S(=O)(=O)c1ccc(C)cc1. The van der Waals surface area contributed by atoms with E-state index in [4.69, 9.17) is 21.1 Å². The van der Waals surface area contributed by atoms with Gasteiger partial charge in [-0.15, -0.1) is 0 Å². The molecule has 3 aromatic carbocycles. The zero-order valence-corrected chi connectivity index (χ0v) is 26.2. The van der Waals surface area contributed by atoms with Crippen LogP contribution in [0.1, 0.15) is 37.8 Å². The molecule has 0 bridgehead atoms. The Morgan fingerprint density at radius 2 is 1.71 bits per heavy atom. The lowest BCUT2D eigenvalue weighted by Crippen LogP contribution is -2.51. The fourth-order valence-corrected chi connectivity index (χ4v) is 5.92. The molecule has 42 heavy (non-hydrogen) atoms. The van der Waals surface area contributed by atoms with E-state index in [0.717, 1.165) is 22.7 Å². The summed E-state index contributed by atoms with van der Waals surface area (Å²) in [6.45, 7) is 5.38. The van der Waals surface area contributed by atoms with Crippen molar-refractivity contribution in [3.8, 4) is 11.5 Å². The van der Waals surface area contributed by atoms with E-state index in [1.165, 1.54) is 37.3 Å². The summed E-state index contributed by atoms with van der Waals surface area (Å²) in [4.78, 5) is 28.6. The van der Waals surface area contributed by atoms with Gasteiger partial charge in [0, 0.05) is 24.2 Å². The molecule has 0 fully saturated rings. The zero-order chi connectivity index (χ0) is 30.9. The Hall–Kier alpha value is -3.76. The second-order valence-electron chi connectivity index (χ2n) is 9.83. The number of nitrogens with zero attached hydrogens (tertiary/aromatic N) is 2. The summed E-state index contributed by atoms with van der Waals surface area (Å²) < 4.78 is 40.1. The minimum absolute atomic E-state index is 0.00230. The maximum atomic E-state index is 14.1. The molecule has 0 saturated carbocycles. The summed E-state index contributed by atoms with van der Waals surface area (Å²) >= 11 is 6.20. The number of benzene rings is 3. The maximum absolute atomic E-state index is 14.1. The number of unbranched alkanes of at least 4 members (excludes halogenated alkanes) is 1. The van der Waals surface area contributed by atoms with Crippen LogP contribution in [0, 0.1) is 6.92 Å². The van der Waals surface area contributed by atoms with E-state index in [0.29, 0.717) is 22.9 Å². The monoisotopic (exact) mass is 615 g/mol. The first-order chi connectivity index (χ1) is 20.0. The Bertz CT molecular complexity index is 1480. The van der Waals surface area contributed by atoms with Crippen LogP contribution in [-0.2, 0) is 26.2 Å². The zero-order valence-electron chi connectivity index (χ0n) is 24.6. The van der Waals surface area contributed by atoms with Crippen LogP contribution in [0.4, 0.5) is 5.69 Å². The number of ether oxygens (including phenoxy) is 2. The molecule has 0 saturated heterocycles. The molecule has 1 atom stereocenters. The van der Waals surface area contributed by atoms with Gasteiger partial charge in [0.15, 0.2) is 0 Å². The smallest absolute Gasteiger partial charge is 0.264 e. The molecular weight excluding hydrogens is 578 g/mol. The third-order valence-electron chi connectivity index (χ3n) is 6.78. The van der Waals surface area contributed by atoms with Gasteiger partial charge in [-0.25, -0.2) is 8.42 Å². The van der Waals surface area contributed by atoms with Crippen LogP contribution in [0.3, 0.4) is 0 Å². The number of rotatable bonds is 14. The van der Waals surface area contributed by atoms with Crippen molar-refractivity contribution in [3.05, 3.63) is 82.9 Å². The van der Waals surface area contributed by atoms with Gasteiger partial charge in [0.25, 0.3) is 10.0 Å². The lowest BCUT2D eigenvalue weighted by molar-refractivity contribution is -0.139. The van der Waals surface area contributed by atoms with E-state index in [-0.39, 0.29) is 28.8 Å². The van der Waals surface area contributed by atoms with Crippen molar-refractivity contribution in [2.75, 3.05) is 31.6 Å². The van der Waals surface area contributed by atoms with Crippen molar-refractivity contribution in [2.45, 2.75) is 51.1 Å². The van der Waals surface area contributed by atoms with Crippen molar-refractivity contribution in [3.63, 3.8) is 0 Å². The highest BCUT2D eigenvalue weighted by molar-refractivity contribution is 7.92.